The molecule has 28 heavy (non-hydrogen) atoms. The summed E-state index contributed by atoms with van der Waals surface area (Å²) in [6, 6.07) is 0. The molecule has 4 heterocycles. The molecule has 13 heteroatoms. The number of tetrazole rings is 1. The molecule has 152 valence electrons. The number of β-lactam (4-membered cyclic amide) rings is 1. The number of nitrogens with zero attached hydrogens (tertiary/aromatic N) is 6. The highest BCUT2D eigenvalue weighted by molar-refractivity contribution is 8.14. The number of sulfone groups is 1. The highest BCUT2D eigenvalue weighted by Gasteiger charge is 2.63. The summed E-state index contributed by atoms with van der Waals surface area (Å²) in [5.74, 6) is -0.832. The van der Waals surface area contributed by atoms with Crippen molar-refractivity contribution in [1.29, 1.82) is 0 Å². The molecule has 2 saturated heterocycles. The Labute approximate surface area is 166 Å². The van der Waals surface area contributed by atoms with Gasteiger partial charge in [-0.05, 0) is 35.8 Å². The Balaban J connectivity index is 1.81. The van der Waals surface area contributed by atoms with Crippen LogP contribution >= 0.6 is 11.8 Å². The van der Waals surface area contributed by atoms with Gasteiger partial charge in [-0.25, -0.2) is 13.1 Å². The summed E-state index contributed by atoms with van der Waals surface area (Å²) in [7, 11) is -0.995. The van der Waals surface area contributed by atoms with Crippen LogP contribution in [0.4, 0.5) is 0 Å². The molecule has 2 amide bonds. The Bertz CT molecular complexity index is 967. The normalized spacial score (nSPS) is 29.1. The molecule has 1 aromatic heterocycles. The van der Waals surface area contributed by atoms with Gasteiger partial charge in [0.05, 0.1) is 0 Å². The van der Waals surface area contributed by atoms with E-state index in [-0.39, 0.29) is 11.6 Å². The Kier molecular flexibility index (Phi) is 4.70. The summed E-state index contributed by atoms with van der Waals surface area (Å²) in [6.45, 7) is 2.76. The molecule has 11 nitrogen and oxygen atoms in total. The third-order valence-corrected chi connectivity index (χ3v) is 9.54. The molecule has 0 aromatic carbocycles. The quantitative estimate of drug-likeness (QED) is 0.563. The van der Waals surface area contributed by atoms with Crippen molar-refractivity contribution in [3.05, 3.63) is 11.3 Å². The SMILES string of the molecule is CO[C@H]1C(=O)N2C(C(=O)N3CCCC3)=C(C)C(Sc3nnnn3C)S(=O)(=O)[C@H]12. The summed E-state index contributed by atoms with van der Waals surface area (Å²) in [5.41, 5.74) is 0.441. The summed E-state index contributed by atoms with van der Waals surface area (Å²) in [6.07, 6.45) is 0.647. The van der Waals surface area contributed by atoms with E-state index >= 15 is 0 Å². The van der Waals surface area contributed by atoms with Crippen molar-refractivity contribution in [2.75, 3.05) is 20.2 Å². The summed E-state index contributed by atoms with van der Waals surface area (Å²) >= 11 is 0.947. The minimum Gasteiger partial charge on any atom is -0.368 e. The summed E-state index contributed by atoms with van der Waals surface area (Å²) in [4.78, 5) is 28.5. The lowest BCUT2D eigenvalue weighted by molar-refractivity contribution is -0.161. The zero-order valence-electron chi connectivity index (χ0n) is 15.6. The predicted molar refractivity (Wildman–Crippen MR) is 97.3 cm³/mol. The van der Waals surface area contributed by atoms with Crippen LogP contribution in [-0.2, 0) is 31.2 Å². The average molecular weight is 428 g/mol. The maximum Gasteiger partial charge on any atom is 0.270 e. The molecule has 0 aliphatic carbocycles. The van der Waals surface area contributed by atoms with Crippen LogP contribution in [0.15, 0.2) is 16.4 Å². The van der Waals surface area contributed by atoms with Gasteiger partial charge in [0.2, 0.25) is 5.16 Å². The number of amides is 2. The number of aryl methyl sites for hydroxylation is 1. The zero-order chi connectivity index (χ0) is 20.2. The first-order valence-electron chi connectivity index (χ1n) is 8.76. The summed E-state index contributed by atoms with van der Waals surface area (Å²) < 4.78 is 32.0. The van der Waals surface area contributed by atoms with Gasteiger partial charge in [0.1, 0.15) is 10.3 Å². The molecule has 0 saturated carbocycles. The van der Waals surface area contributed by atoms with Crippen molar-refractivity contribution >= 4 is 33.4 Å². The molecular formula is C15H20N6O5S2. The molecular weight excluding hydrogens is 408 g/mol. The van der Waals surface area contributed by atoms with Gasteiger partial charge in [-0.2, -0.15) is 0 Å². The third-order valence-electron chi connectivity index (χ3n) is 5.24. The Morgan fingerprint density at radius 2 is 1.96 bits per heavy atom. The molecule has 3 aliphatic heterocycles. The standard InChI is InChI=1S/C15H20N6O5S2/c1-8-9(11(22)20-6-4-5-7-20)21-12(23)10(26-3)13(21)28(24,25)14(8)27-15-16-17-18-19(15)2/h10,13-14H,4-7H2,1-3H3/t10-,13+,14?/m0/s1. The Hall–Kier alpha value is -1.99. The van der Waals surface area contributed by atoms with Crippen molar-refractivity contribution < 1.29 is 22.7 Å². The fourth-order valence-corrected chi connectivity index (χ4v) is 7.62. The van der Waals surface area contributed by atoms with Crippen molar-refractivity contribution in [2.45, 2.75) is 41.0 Å². The van der Waals surface area contributed by atoms with Gasteiger partial charge in [0.25, 0.3) is 11.8 Å². The number of ether oxygens (including phenoxy) is 1. The largest absolute Gasteiger partial charge is 0.368 e. The van der Waals surface area contributed by atoms with Crippen molar-refractivity contribution in [3.8, 4) is 0 Å². The van der Waals surface area contributed by atoms with Gasteiger partial charge in [-0.3, -0.25) is 14.5 Å². The second-order valence-corrected chi connectivity index (χ2v) is 10.4. The lowest BCUT2D eigenvalue weighted by Gasteiger charge is -2.50. The topological polar surface area (TPSA) is 128 Å². The number of thioether (sulfide) groups is 1. The van der Waals surface area contributed by atoms with Crippen LogP contribution in [0.1, 0.15) is 19.8 Å². The number of carbonyl (C=O) groups is 2. The van der Waals surface area contributed by atoms with Crippen molar-refractivity contribution in [2.24, 2.45) is 7.05 Å². The lowest BCUT2D eigenvalue weighted by atomic mass is 10.0. The van der Waals surface area contributed by atoms with Crippen LogP contribution in [0.2, 0.25) is 0 Å². The number of hydrogen-bond donors (Lipinski definition) is 0. The van der Waals surface area contributed by atoms with Gasteiger partial charge in [0, 0.05) is 27.2 Å². The van der Waals surface area contributed by atoms with Crippen LogP contribution in [0.5, 0.6) is 0 Å². The molecule has 1 aromatic rings. The fraction of sp³-hybridized carbons (Fsp3) is 0.667. The molecule has 0 radical (unpaired) electrons. The number of methoxy groups -OCH3 is 1. The second kappa shape index (κ2) is 6.81. The van der Waals surface area contributed by atoms with Crippen molar-refractivity contribution in [3.63, 3.8) is 0 Å². The van der Waals surface area contributed by atoms with Gasteiger partial charge in [-0.15, -0.1) is 5.10 Å². The van der Waals surface area contributed by atoms with Gasteiger partial charge in [0.15, 0.2) is 21.3 Å². The van der Waals surface area contributed by atoms with E-state index in [0.717, 1.165) is 29.5 Å². The van der Waals surface area contributed by atoms with Gasteiger partial charge < -0.3 is 9.64 Å². The third kappa shape index (κ3) is 2.67. The number of fused-ring (bicyclic) bond motifs is 1. The Morgan fingerprint density at radius 1 is 1.29 bits per heavy atom. The van der Waals surface area contributed by atoms with E-state index in [0.29, 0.717) is 23.8 Å². The Morgan fingerprint density at radius 3 is 2.54 bits per heavy atom. The first-order valence-corrected chi connectivity index (χ1v) is 11.3. The molecule has 0 spiro atoms. The zero-order valence-corrected chi connectivity index (χ0v) is 17.2. The first kappa shape index (κ1) is 19.3. The van der Waals surface area contributed by atoms with Crippen molar-refractivity contribution in [1.82, 2.24) is 30.0 Å². The highest BCUT2D eigenvalue weighted by Crippen LogP contribution is 2.46. The number of rotatable bonds is 4. The van der Waals surface area contributed by atoms with E-state index < -0.39 is 31.8 Å². The molecule has 1 unspecified atom stereocenters. The minimum absolute atomic E-state index is 0.132. The van der Waals surface area contributed by atoms with Crippen LogP contribution in [-0.4, -0.2) is 86.5 Å². The second-order valence-electron chi connectivity index (χ2n) is 6.91. The minimum atomic E-state index is -3.89. The molecule has 0 N–H and O–H groups in total. The van der Waals surface area contributed by atoms with E-state index in [1.165, 1.54) is 11.8 Å². The lowest BCUT2D eigenvalue weighted by Crippen LogP contribution is -2.72. The average Bonchev–Trinajstić information content (AvgIpc) is 3.31. The number of hydrogen-bond acceptors (Lipinski definition) is 9. The van der Waals surface area contributed by atoms with Crippen LogP contribution in [0.25, 0.3) is 0 Å². The molecule has 4 rings (SSSR count). The van der Waals surface area contributed by atoms with E-state index in [4.69, 9.17) is 4.74 Å². The maximum absolute atomic E-state index is 13.3. The molecule has 0 bridgehead atoms. The van der Waals surface area contributed by atoms with Crippen LogP contribution in [0, 0.1) is 0 Å². The number of carbonyl (C=O) groups excluding carboxylic acids is 2. The fourth-order valence-electron chi connectivity index (χ4n) is 3.80. The van der Waals surface area contributed by atoms with E-state index in [1.807, 2.05) is 0 Å². The maximum atomic E-state index is 13.3. The van der Waals surface area contributed by atoms with Crippen LogP contribution in [0.3, 0.4) is 0 Å². The van der Waals surface area contributed by atoms with Crippen LogP contribution < -0.4 is 0 Å². The number of likely N-dealkylation sites (tertiary alicyclic amines) is 1. The van der Waals surface area contributed by atoms with E-state index in [9.17, 15) is 18.0 Å². The predicted octanol–water partition coefficient (Wildman–Crippen LogP) is -0.864. The first-order chi connectivity index (χ1) is 13.3. The highest BCUT2D eigenvalue weighted by atomic mass is 32.3. The van der Waals surface area contributed by atoms with E-state index in [2.05, 4.69) is 15.5 Å². The smallest absolute Gasteiger partial charge is 0.270 e. The summed E-state index contributed by atoms with van der Waals surface area (Å²) in [5, 5.41) is 10.2. The van der Waals surface area contributed by atoms with E-state index in [1.54, 1.807) is 18.9 Å². The van der Waals surface area contributed by atoms with Gasteiger partial charge >= 0.3 is 0 Å². The molecule has 3 atom stereocenters. The number of aromatic nitrogens is 4. The van der Waals surface area contributed by atoms with Gasteiger partial charge in [-0.1, -0.05) is 11.8 Å². The molecule has 3 aliphatic rings. The monoisotopic (exact) mass is 428 g/mol. The molecule has 2 fully saturated rings.